The summed E-state index contributed by atoms with van der Waals surface area (Å²) in [5.41, 5.74) is 1.02. The van der Waals surface area contributed by atoms with E-state index in [0.717, 1.165) is 37.6 Å². The van der Waals surface area contributed by atoms with Crippen molar-refractivity contribution >= 4 is 0 Å². The van der Waals surface area contributed by atoms with Gasteiger partial charge in [0.1, 0.15) is 5.82 Å². The Kier molecular flexibility index (Phi) is 5.80. The van der Waals surface area contributed by atoms with Crippen LogP contribution in [0.1, 0.15) is 12.5 Å². The van der Waals surface area contributed by atoms with Crippen LogP contribution in [0.2, 0.25) is 0 Å². The Hall–Kier alpha value is -1.80. The standard InChI is InChI=1S/C18H25FN4O2/c1-18(24,14-22-6-8-25-9-7-22)13-20-10-15-11-21-23(12-15)17-4-2-16(19)3-5-17/h2-5,11-12,20,24H,6-10,13-14H2,1H3. The fraction of sp³-hybridized carbons (Fsp3) is 0.500. The molecule has 1 unspecified atom stereocenters. The van der Waals surface area contributed by atoms with Gasteiger partial charge in [0, 0.05) is 44.5 Å². The number of aliphatic hydroxyl groups is 1. The van der Waals surface area contributed by atoms with Gasteiger partial charge >= 0.3 is 0 Å². The van der Waals surface area contributed by atoms with Gasteiger partial charge in [0.15, 0.2) is 0 Å². The van der Waals surface area contributed by atoms with Crippen LogP contribution in [-0.4, -0.2) is 64.8 Å². The Morgan fingerprint density at radius 2 is 2.00 bits per heavy atom. The molecule has 0 bridgehead atoms. The van der Waals surface area contributed by atoms with Crippen molar-refractivity contribution in [1.29, 1.82) is 0 Å². The monoisotopic (exact) mass is 348 g/mol. The number of aromatic nitrogens is 2. The molecular formula is C18H25FN4O2. The van der Waals surface area contributed by atoms with Gasteiger partial charge < -0.3 is 15.2 Å². The molecule has 6 nitrogen and oxygen atoms in total. The second-order valence-corrected chi connectivity index (χ2v) is 6.76. The van der Waals surface area contributed by atoms with Crippen molar-refractivity contribution in [1.82, 2.24) is 20.0 Å². The Bertz CT molecular complexity index is 666. The first-order chi connectivity index (χ1) is 12.0. The predicted octanol–water partition coefficient (Wildman–Crippen LogP) is 1.18. The maximum absolute atomic E-state index is 13.0. The van der Waals surface area contributed by atoms with Crippen molar-refractivity contribution in [3.63, 3.8) is 0 Å². The molecule has 1 atom stereocenters. The van der Waals surface area contributed by atoms with E-state index in [0.29, 0.717) is 19.6 Å². The first-order valence-corrected chi connectivity index (χ1v) is 8.55. The fourth-order valence-electron chi connectivity index (χ4n) is 2.96. The fourth-order valence-corrected chi connectivity index (χ4v) is 2.96. The van der Waals surface area contributed by atoms with Gasteiger partial charge in [-0.2, -0.15) is 5.10 Å². The lowest BCUT2D eigenvalue weighted by molar-refractivity contribution is -0.0219. The predicted molar refractivity (Wildman–Crippen MR) is 93.1 cm³/mol. The van der Waals surface area contributed by atoms with Gasteiger partial charge in [-0.25, -0.2) is 9.07 Å². The van der Waals surface area contributed by atoms with E-state index in [9.17, 15) is 9.50 Å². The summed E-state index contributed by atoms with van der Waals surface area (Å²) in [4.78, 5) is 2.22. The molecule has 3 rings (SSSR count). The average molecular weight is 348 g/mol. The minimum absolute atomic E-state index is 0.264. The zero-order valence-corrected chi connectivity index (χ0v) is 14.5. The summed E-state index contributed by atoms with van der Waals surface area (Å²) >= 11 is 0. The van der Waals surface area contributed by atoms with Gasteiger partial charge in [0.05, 0.1) is 30.7 Å². The van der Waals surface area contributed by atoms with Gasteiger partial charge in [-0.05, 0) is 31.2 Å². The maximum Gasteiger partial charge on any atom is 0.123 e. The van der Waals surface area contributed by atoms with Gasteiger partial charge in [-0.1, -0.05) is 0 Å². The SMILES string of the molecule is CC(O)(CNCc1cnn(-c2ccc(F)cc2)c1)CN1CCOCC1. The minimum atomic E-state index is -0.801. The van der Waals surface area contributed by atoms with Crippen LogP contribution >= 0.6 is 0 Å². The molecule has 0 spiro atoms. The molecule has 2 heterocycles. The molecule has 1 aliphatic rings. The van der Waals surface area contributed by atoms with Crippen LogP contribution in [0.3, 0.4) is 0 Å². The molecule has 0 aliphatic carbocycles. The first-order valence-electron chi connectivity index (χ1n) is 8.55. The number of halogens is 1. The summed E-state index contributed by atoms with van der Waals surface area (Å²) < 4.78 is 20.0. The highest BCUT2D eigenvalue weighted by Crippen LogP contribution is 2.11. The van der Waals surface area contributed by atoms with Gasteiger partial charge in [-0.3, -0.25) is 4.90 Å². The highest BCUT2D eigenvalue weighted by atomic mass is 19.1. The van der Waals surface area contributed by atoms with E-state index in [2.05, 4.69) is 15.3 Å². The van der Waals surface area contributed by atoms with Gasteiger partial charge in [0.2, 0.25) is 0 Å². The molecule has 1 aromatic carbocycles. The Morgan fingerprint density at radius 1 is 1.28 bits per heavy atom. The second kappa shape index (κ2) is 8.05. The molecule has 1 fully saturated rings. The molecule has 0 amide bonds. The van der Waals surface area contributed by atoms with Crippen LogP contribution in [0.15, 0.2) is 36.7 Å². The molecule has 25 heavy (non-hydrogen) atoms. The number of hydrogen-bond acceptors (Lipinski definition) is 5. The number of β-amino-alcohol motifs (C(OH)–C–C–N with tert-alkyl or cyclic N) is 1. The van der Waals surface area contributed by atoms with E-state index in [1.165, 1.54) is 12.1 Å². The molecule has 1 aromatic heterocycles. The van der Waals surface area contributed by atoms with Crippen molar-refractivity contribution in [3.8, 4) is 5.69 Å². The number of rotatable bonds is 7. The van der Waals surface area contributed by atoms with Crippen LogP contribution in [0.25, 0.3) is 5.69 Å². The lowest BCUT2D eigenvalue weighted by Crippen LogP contribution is -2.50. The zero-order chi connectivity index (χ0) is 17.7. The highest BCUT2D eigenvalue weighted by Gasteiger charge is 2.24. The molecular weight excluding hydrogens is 323 g/mol. The number of hydrogen-bond donors (Lipinski definition) is 2. The summed E-state index contributed by atoms with van der Waals surface area (Å²) in [6.07, 6.45) is 3.67. The third kappa shape index (κ3) is 5.34. The van der Waals surface area contributed by atoms with Crippen LogP contribution in [0.5, 0.6) is 0 Å². The molecule has 2 N–H and O–H groups in total. The summed E-state index contributed by atoms with van der Waals surface area (Å²) in [7, 11) is 0. The Balaban J connectivity index is 1.47. The number of ether oxygens (including phenoxy) is 1. The van der Waals surface area contributed by atoms with E-state index in [1.807, 2.05) is 13.1 Å². The van der Waals surface area contributed by atoms with Crippen molar-refractivity contribution in [2.24, 2.45) is 0 Å². The number of nitrogens with zero attached hydrogens (tertiary/aromatic N) is 3. The lowest BCUT2D eigenvalue weighted by Gasteiger charge is -2.33. The van der Waals surface area contributed by atoms with Crippen molar-refractivity contribution in [2.45, 2.75) is 19.1 Å². The summed E-state index contributed by atoms with van der Waals surface area (Å²) in [5.74, 6) is -0.264. The lowest BCUT2D eigenvalue weighted by atomic mass is 10.1. The molecule has 7 heteroatoms. The first kappa shape index (κ1) is 18.0. The molecule has 0 radical (unpaired) electrons. The average Bonchev–Trinajstić information content (AvgIpc) is 3.04. The number of morpholine rings is 1. The highest BCUT2D eigenvalue weighted by molar-refractivity contribution is 5.31. The van der Waals surface area contributed by atoms with E-state index >= 15 is 0 Å². The molecule has 2 aromatic rings. The molecule has 1 aliphatic heterocycles. The van der Waals surface area contributed by atoms with E-state index in [1.54, 1.807) is 23.0 Å². The molecule has 0 saturated carbocycles. The topological polar surface area (TPSA) is 62.5 Å². The minimum Gasteiger partial charge on any atom is -0.388 e. The van der Waals surface area contributed by atoms with E-state index in [-0.39, 0.29) is 5.82 Å². The summed E-state index contributed by atoms with van der Waals surface area (Å²) in [6, 6.07) is 6.20. The zero-order valence-electron chi connectivity index (χ0n) is 14.5. The summed E-state index contributed by atoms with van der Waals surface area (Å²) in [5, 5.41) is 18.1. The van der Waals surface area contributed by atoms with Crippen molar-refractivity contribution < 1.29 is 14.2 Å². The number of nitrogens with one attached hydrogen (secondary N) is 1. The third-order valence-electron chi connectivity index (χ3n) is 4.23. The Labute approximate surface area is 147 Å². The smallest absolute Gasteiger partial charge is 0.123 e. The molecule has 136 valence electrons. The number of benzene rings is 1. The van der Waals surface area contributed by atoms with E-state index < -0.39 is 5.60 Å². The Morgan fingerprint density at radius 3 is 2.72 bits per heavy atom. The van der Waals surface area contributed by atoms with Gasteiger partial charge in [-0.15, -0.1) is 0 Å². The van der Waals surface area contributed by atoms with Crippen LogP contribution in [0, 0.1) is 5.82 Å². The van der Waals surface area contributed by atoms with E-state index in [4.69, 9.17) is 4.74 Å². The van der Waals surface area contributed by atoms with Gasteiger partial charge in [0.25, 0.3) is 0 Å². The van der Waals surface area contributed by atoms with Crippen molar-refractivity contribution in [2.75, 3.05) is 39.4 Å². The normalized spacial score (nSPS) is 18.2. The third-order valence-corrected chi connectivity index (χ3v) is 4.23. The maximum atomic E-state index is 13.0. The quantitative estimate of drug-likeness (QED) is 0.787. The van der Waals surface area contributed by atoms with Crippen LogP contribution < -0.4 is 5.32 Å². The van der Waals surface area contributed by atoms with Crippen molar-refractivity contribution in [3.05, 3.63) is 48.0 Å². The summed E-state index contributed by atoms with van der Waals surface area (Å²) in [6.45, 7) is 6.75. The second-order valence-electron chi connectivity index (χ2n) is 6.76. The van der Waals surface area contributed by atoms with Crippen LogP contribution in [-0.2, 0) is 11.3 Å². The largest absolute Gasteiger partial charge is 0.388 e. The van der Waals surface area contributed by atoms with Crippen LogP contribution in [0.4, 0.5) is 4.39 Å². The molecule has 1 saturated heterocycles.